The lowest BCUT2D eigenvalue weighted by molar-refractivity contribution is -0.394. The second kappa shape index (κ2) is 7.78. The summed E-state index contributed by atoms with van der Waals surface area (Å²) < 4.78 is 4.95. The first-order chi connectivity index (χ1) is 12.2. The number of esters is 1. The Kier molecular flexibility index (Phi) is 5.72. The molecular weight excluding hydrogens is 412 g/mol. The molecule has 0 aliphatic rings. The lowest BCUT2D eigenvalue weighted by atomic mass is 10.1. The Morgan fingerprint density at radius 1 is 1.12 bits per heavy atom. The predicted molar refractivity (Wildman–Crippen MR) is 94.1 cm³/mol. The van der Waals surface area contributed by atoms with Gasteiger partial charge in [-0.1, -0.05) is 0 Å². The number of ether oxygens (including phenoxy) is 1. The molecule has 0 saturated carbocycles. The molecule has 0 aliphatic carbocycles. The molecule has 2 aromatic rings. The van der Waals surface area contributed by atoms with Crippen molar-refractivity contribution in [3.8, 4) is 5.75 Å². The van der Waals surface area contributed by atoms with Gasteiger partial charge in [-0.25, -0.2) is 0 Å². The van der Waals surface area contributed by atoms with E-state index in [2.05, 4.69) is 26.2 Å². The highest BCUT2D eigenvalue weighted by molar-refractivity contribution is 9.10. The van der Waals surface area contributed by atoms with E-state index in [9.17, 15) is 25.0 Å². The highest BCUT2D eigenvalue weighted by Crippen LogP contribution is 2.43. The summed E-state index contributed by atoms with van der Waals surface area (Å²) in [5.74, 6) is -0.157. The van der Waals surface area contributed by atoms with Crippen molar-refractivity contribution in [2.75, 3.05) is 0 Å². The van der Waals surface area contributed by atoms with Crippen molar-refractivity contribution < 1.29 is 19.4 Å². The van der Waals surface area contributed by atoms with Gasteiger partial charge in [0.15, 0.2) is 5.69 Å². The lowest BCUT2D eigenvalue weighted by Crippen LogP contribution is -2.00. The van der Waals surface area contributed by atoms with Gasteiger partial charge in [0.1, 0.15) is 11.3 Å². The zero-order valence-corrected chi connectivity index (χ0v) is 15.1. The SMILES string of the molecule is CC(=O)Oc1ccc(N=Nc2c(Br)cc([N+](=O)[O-])c(C)c2[N+](=O)[O-])cc1. The van der Waals surface area contributed by atoms with Crippen LogP contribution in [0.25, 0.3) is 0 Å². The van der Waals surface area contributed by atoms with Gasteiger partial charge in [-0.05, 0) is 47.1 Å². The van der Waals surface area contributed by atoms with Gasteiger partial charge in [0, 0.05) is 13.0 Å². The summed E-state index contributed by atoms with van der Waals surface area (Å²) in [5.41, 5.74) is -0.817. The van der Waals surface area contributed by atoms with Crippen LogP contribution in [0.2, 0.25) is 0 Å². The van der Waals surface area contributed by atoms with Crippen molar-refractivity contribution >= 4 is 44.6 Å². The molecule has 26 heavy (non-hydrogen) atoms. The molecule has 2 rings (SSSR count). The highest BCUT2D eigenvalue weighted by atomic mass is 79.9. The number of rotatable bonds is 5. The fourth-order valence-electron chi connectivity index (χ4n) is 2.07. The normalized spacial score (nSPS) is 10.7. The van der Waals surface area contributed by atoms with E-state index >= 15 is 0 Å². The van der Waals surface area contributed by atoms with Crippen LogP contribution in [0.5, 0.6) is 5.75 Å². The van der Waals surface area contributed by atoms with Crippen LogP contribution in [-0.4, -0.2) is 15.8 Å². The lowest BCUT2D eigenvalue weighted by Gasteiger charge is -2.04. The Bertz CT molecular complexity index is 927. The molecule has 0 atom stereocenters. The van der Waals surface area contributed by atoms with E-state index in [0.717, 1.165) is 6.07 Å². The molecule has 0 spiro atoms. The summed E-state index contributed by atoms with van der Waals surface area (Å²) in [6, 6.07) is 7.11. The van der Waals surface area contributed by atoms with Crippen LogP contribution in [0.15, 0.2) is 45.0 Å². The summed E-state index contributed by atoms with van der Waals surface area (Å²) in [7, 11) is 0. The number of nitro groups is 2. The number of azo groups is 1. The Morgan fingerprint density at radius 2 is 1.73 bits per heavy atom. The first-order valence-electron chi connectivity index (χ1n) is 7.02. The van der Waals surface area contributed by atoms with E-state index in [1.54, 1.807) is 0 Å². The number of halogens is 1. The van der Waals surface area contributed by atoms with E-state index in [0.29, 0.717) is 11.4 Å². The molecule has 0 N–H and O–H groups in total. The van der Waals surface area contributed by atoms with Gasteiger partial charge in [-0.15, -0.1) is 5.11 Å². The number of hydrogen-bond donors (Lipinski definition) is 0. The Hall–Kier alpha value is -3.21. The van der Waals surface area contributed by atoms with Gasteiger partial charge in [-0.2, -0.15) is 5.11 Å². The van der Waals surface area contributed by atoms with E-state index in [1.807, 2.05) is 0 Å². The van der Waals surface area contributed by atoms with Gasteiger partial charge < -0.3 is 4.74 Å². The Balaban J connectivity index is 2.44. The van der Waals surface area contributed by atoms with E-state index in [1.165, 1.54) is 38.1 Å². The number of carbonyl (C=O) groups excluding carboxylic acids is 1. The van der Waals surface area contributed by atoms with Crippen LogP contribution in [0.1, 0.15) is 12.5 Å². The minimum absolute atomic E-state index is 0.0711. The van der Waals surface area contributed by atoms with Crippen molar-refractivity contribution in [2.45, 2.75) is 13.8 Å². The third-order valence-corrected chi connectivity index (χ3v) is 3.80. The molecule has 0 heterocycles. The number of nitrogens with zero attached hydrogens (tertiary/aromatic N) is 4. The smallest absolute Gasteiger partial charge is 0.308 e. The zero-order valence-electron chi connectivity index (χ0n) is 13.5. The van der Waals surface area contributed by atoms with Crippen molar-refractivity contribution in [1.82, 2.24) is 0 Å². The second-order valence-corrected chi connectivity index (χ2v) is 5.86. The van der Waals surface area contributed by atoms with Crippen LogP contribution in [0.4, 0.5) is 22.7 Å². The fraction of sp³-hybridized carbons (Fsp3) is 0.133. The second-order valence-electron chi connectivity index (χ2n) is 5.00. The van der Waals surface area contributed by atoms with Crippen LogP contribution in [-0.2, 0) is 4.79 Å². The monoisotopic (exact) mass is 422 g/mol. The summed E-state index contributed by atoms with van der Waals surface area (Å²) in [4.78, 5) is 31.8. The maximum Gasteiger partial charge on any atom is 0.308 e. The van der Waals surface area contributed by atoms with Crippen LogP contribution in [0, 0.1) is 27.2 Å². The topological polar surface area (TPSA) is 137 Å². The fourth-order valence-corrected chi connectivity index (χ4v) is 2.56. The Morgan fingerprint density at radius 3 is 2.23 bits per heavy atom. The molecule has 0 amide bonds. The number of nitro benzene ring substituents is 2. The minimum Gasteiger partial charge on any atom is -0.427 e. The van der Waals surface area contributed by atoms with Crippen molar-refractivity contribution in [3.63, 3.8) is 0 Å². The highest BCUT2D eigenvalue weighted by Gasteiger charge is 2.29. The molecular formula is C15H11BrN4O6. The third-order valence-electron chi connectivity index (χ3n) is 3.20. The van der Waals surface area contributed by atoms with Crippen molar-refractivity contribution in [2.24, 2.45) is 10.2 Å². The largest absolute Gasteiger partial charge is 0.427 e. The first kappa shape index (κ1) is 19.1. The molecule has 0 aliphatic heterocycles. The van der Waals surface area contributed by atoms with Crippen molar-refractivity contribution in [3.05, 3.63) is 60.6 Å². The van der Waals surface area contributed by atoms with Crippen molar-refractivity contribution in [1.29, 1.82) is 0 Å². The Labute approximate surface area is 154 Å². The first-order valence-corrected chi connectivity index (χ1v) is 7.82. The molecule has 0 unspecified atom stereocenters. The summed E-state index contributed by atoms with van der Waals surface area (Å²) in [5, 5.41) is 30.1. The average molecular weight is 423 g/mol. The molecule has 2 aromatic carbocycles. The molecule has 0 aromatic heterocycles. The molecule has 0 fully saturated rings. The third kappa shape index (κ3) is 4.25. The minimum atomic E-state index is -0.745. The molecule has 0 radical (unpaired) electrons. The van der Waals surface area contributed by atoms with Gasteiger partial charge in [0.05, 0.1) is 20.0 Å². The van der Waals surface area contributed by atoms with Gasteiger partial charge in [-0.3, -0.25) is 25.0 Å². The van der Waals surface area contributed by atoms with E-state index < -0.39 is 27.2 Å². The summed E-state index contributed by atoms with van der Waals surface area (Å²) in [6.45, 7) is 2.54. The van der Waals surface area contributed by atoms with Gasteiger partial charge in [0.2, 0.25) is 0 Å². The molecule has 134 valence electrons. The number of benzene rings is 2. The predicted octanol–water partition coefficient (Wildman–Crippen LogP) is 4.91. The van der Waals surface area contributed by atoms with Crippen LogP contribution in [0.3, 0.4) is 0 Å². The molecule has 0 saturated heterocycles. The zero-order chi connectivity index (χ0) is 19.4. The summed E-state index contributed by atoms with van der Waals surface area (Å²) >= 11 is 3.06. The molecule has 10 nitrogen and oxygen atoms in total. The maximum absolute atomic E-state index is 11.3. The molecule has 11 heteroatoms. The van der Waals surface area contributed by atoms with Crippen LogP contribution < -0.4 is 4.74 Å². The van der Waals surface area contributed by atoms with E-state index in [-0.39, 0.29) is 15.7 Å². The maximum atomic E-state index is 11.3. The number of carbonyl (C=O) groups is 1. The average Bonchev–Trinajstić information content (AvgIpc) is 2.55. The standard InChI is InChI=1S/C15H11BrN4O6/c1-8-13(19(22)23)7-12(16)14(15(8)20(24)25)18-17-10-3-5-11(6-4-10)26-9(2)21/h3-7H,1-2H3. The van der Waals surface area contributed by atoms with E-state index in [4.69, 9.17) is 4.74 Å². The summed E-state index contributed by atoms with van der Waals surface area (Å²) in [6.07, 6.45) is 0. The number of hydrogen-bond acceptors (Lipinski definition) is 8. The molecule has 0 bridgehead atoms. The quantitative estimate of drug-likeness (QED) is 0.220. The van der Waals surface area contributed by atoms with Gasteiger partial charge >= 0.3 is 11.7 Å². The van der Waals surface area contributed by atoms with Gasteiger partial charge in [0.25, 0.3) is 5.69 Å². The van der Waals surface area contributed by atoms with Crippen LogP contribution >= 0.6 is 15.9 Å².